The minimum atomic E-state index is -0.305. The van der Waals surface area contributed by atoms with E-state index in [0.717, 1.165) is 16.7 Å². The van der Waals surface area contributed by atoms with Gasteiger partial charge in [0, 0.05) is 10.5 Å². The van der Waals surface area contributed by atoms with Gasteiger partial charge >= 0.3 is 0 Å². The normalized spacial score (nSPS) is 12.5. The second-order valence-corrected chi connectivity index (χ2v) is 5.40. The van der Waals surface area contributed by atoms with E-state index in [0.29, 0.717) is 10.9 Å². The molecule has 0 fully saturated rings. The molecule has 1 atom stereocenters. The van der Waals surface area contributed by atoms with Crippen molar-refractivity contribution in [2.75, 3.05) is 0 Å². The highest BCUT2D eigenvalue weighted by molar-refractivity contribution is 9.10. The van der Waals surface area contributed by atoms with E-state index >= 15 is 0 Å². The van der Waals surface area contributed by atoms with Crippen LogP contribution in [0.1, 0.15) is 22.7 Å². The van der Waals surface area contributed by atoms with Crippen molar-refractivity contribution in [3.63, 3.8) is 0 Å². The predicted octanol–water partition coefficient (Wildman–Crippen LogP) is 4.28. The summed E-state index contributed by atoms with van der Waals surface area (Å²) in [6.45, 7) is 1.85. The highest BCUT2D eigenvalue weighted by atomic mass is 79.9. The third-order valence-electron chi connectivity index (χ3n) is 3.11. The molecular formula is C15H14BrF2N. The van der Waals surface area contributed by atoms with Gasteiger partial charge in [-0.2, -0.15) is 0 Å². The molecule has 0 saturated heterocycles. The predicted molar refractivity (Wildman–Crippen MR) is 75.9 cm³/mol. The summed E-state index contributed by atoms with van der Waals surface area (Å²) in [5.41, 5.74) is 8.84. The topological polar surface area (TPSA) is 26.0 Å². The zero-order valence-corrected chi connectivity index (χ0v) is 12.0. The van der Waals surface area contributed by atoms with Crippen molar-refractivity contribution in [3.8, 4) is 0 Å². The quantitative estimate of drug-likeness (QED) is 0.895. The second kappa shape index (κ2) is 5.80. The van der Waals surface area contributed by atoms with Crippen LogP contribution in [-0.2, 0) is 6.42 Å². The number of hydrogen-bond acceptors (Lipinski definition) is 1. The molecule has 0 heterocycles. The molecule has 0 spiro atoms. The molecule has 0 bridgehead atoms. The third-order valence-corrected chi connectivity index (χ3v) is 3.79. The first-order valence-electron chi connectivity index (χ1n) is 5.93. The van der Waals surface area contributed by atoms with Crippen LogP contribution in [0.25, 0.3) is 0 Å². The van der Waals surface area contributed by atoms with E-state index in [4.69, 9.17) is 5.73 Å². The van der Waals surface area contributed by atoms with Crippen LogP contribution in [0.3, 0.4) is 0 Å². The molecule has 0 saturated carbocycles. The number of benzene rings is 2. The second-order valence-electron chi connectivity index (χ2n) is 4.55. The minimum absolute atomic E-state index is 0.252. The maximum atomic E-state index is 13.0. The summed E-state index contributed by atoms with van der Waals surface area (Å²) >= 11 is 3.31. The minimum Gasteiger partial charge on any atom is -0.324 e. The van der Waals surface area contributed by atoms with Gasteiger partial charge < -0.3 is 5.73 Å². The molecular weight excluding hydrogens is 312 g/mol. The zero-order chi connectivity index (χ0) is 14.0. The Hall–Kier alpha value is -1.26. The lowest BCUT2D eigenvalue weighted by molar-refractivity contribution is 0.620. The van der Waals surface area contributed by atoms with Gasteiger partial charge in [-0.15, -0.1) is 0 Å². The summed E-state index contributed by atoms with van der Waals surface area (Å²) in [4.78, 5) is 0. The lowest BCUT2D eigenvalue weighted by Gasteiger charge is -2.15. The summed E-state index contributed by atoms with van der Waals surface area (Å²) in [6.07, 6.45) is 0.580. The van der Waals surface area contributed by atoms with Crippen molar-refractivity contribution in [3.05, 3.63) is 69.2 Å². The Morgan fingerprint density at radius 3 is 2.37 bits per heavy atom. The van der Waals surface area contributed by atoms with Gasteiger partial charge in [-0.1, -0.05) is 28.1 Å². The summed E-state index contributed by atoms with van der Waals surface area (Å²) in [5.74, 6) is -0.557. The average Bonchev–Trinajstić information content (AvgIpc) is 2.32. The summed E-state index contributed by atoms with van der Waals surface area (Å²) in [5, 5.41) is 0. The third kappa shape index (κ3) is 3.39. The Labute approximate surface area is 119 Å². The molecule has 1 nitrogen and oxygen atoms in total. The van der Waals surface area contributed by atoms with E-state index in [-0.39, 0.29) is 17.7 Å². The average molecular weight is 326 g/mol. The van der Waals surface area contributed by atoms with Gasteiger partial charge in [0.15, 0.2) is 0 Å². The van der Waals surface area contributed by atoms with Gasteiger partial charge in [-0.25, -0.2) is 8.78 Å². The van der Waals surface area contributed by atoms with Crippen LogP contribution in [0.5, 0.6) is 0 Å². The molecule has 1 unspecified atom stereocenters. The molecule has 0 aliphatic heterocycles. The molecule has 4 heteroatoms. The molecule has 0 radical (unpaired) electrons. The summed E-state index contributed by atoms with van der Waals surface area (Å²) in [6, 6.07) is 8.84. The van der Waals surface area contributed by atoms with Gasteiger partial charge in [-0.3, -0.25) is 0 Å². The van der Waals surface area contributed by atoms with Crippen LogP contribution in [-0.4, -0.2) is 0 Å². The monoisotopic (exact) mass is 325 g/mol. The van der Waals surface area contributed by atoms with Crippen molar-refractivity contribution in [2.45, 2.75) is 19.4 Å². The number of rotatable bonds is 3. The Balaban J connectivity index is 2.23. The fourth-order valence-corrected chi connectivity index (χ4v) is 2.68. The lowest BCUT2D eigenvalue weighted by atomic mass is 9.97. The summed E-state index contributed by atoms with van der Waals surface area (Å²) in [7, 11) is 0. The van der Waals surface area contributed by atoms with Gasteiger partial charge in [0.2, 0.25) is 0 Å². The molecule has 2 aromatic rings. The molecule has 0 aliphatic rings. The van der Waals surface area contributed by atoms with Crippen molar-refractivity contribution >= 4 is 15.9 Å². The maximum Gasteiger partial charge on any atom is 0.124 e. The lowest BCUT2D eigenvalue weighted by Crippen LogP contribution is -2.14. The molecule has 100 valence electrons. The Morgan fingerprint density at radius 2 is 1.74 bits per heavy atom. The SMILES string of the molecule is Cc1cc(F)ccc1CC(N)c1ccc(F)cc1Br. The van der Waals surface area contributed by atoms with E-state index in [9.17, 15) is 8.78 Å². The van der Waals surface area contributed by atoms with E-state index in [1.165, 1.54) is 24.3 Å². The van der Waals surface area contributed by atoms with Crippen molar-refractivity contribution < 1.29 is 8.78 Å². The van der Waals surface area contributed by atoms with Gasteiger partial charge in [0.05, 0.1) is 0 Å². The number of hydrogen-bond donors (Lipinski definition) is 1. The molecule has 0 aromatic heterocycles. The molecule has 2 aromatic carbocycles. The number of halogens is 3. The van der Waals surface area contributed by atoms with Gasteiger partial charge in [-0.05, 0) is 54.3 Å². The Bertz CT molecular complexity index is 599. The first-order chi connectivity index (χ1) is 8.97. The summed E-state index contributed by atoms with van der Waals surface area (Å²) < 4.78 is 26.7. The van der Waals surface area contributed by atoms with E-state index in [2.05, 4.69) is 15.9 Å². The number of nitrogens with two attached hydrogens (primary N) is 1. The molecule has 2 rings (SSSR count). The van der Waals surface area contributed by atoms with Gasteiger partial charge in [0.25, 0.3) is 0 Å². The van der Waals surface area contributed by atoms with Gasteiger partial charge in [0.1, 0.15) is 11.6 Å². The van der Waals surface area contributed by atoms with Crippen LogP contribution in [0.15, 0.2) is 40.9 Å². The molecule has 0 aliphatic carbocycles. The molecule has 2 N–H and O–H groups in total. The maximum absolute atomic E-state index is 13.0. The standard InChI is InChI=1S/C15H14BrF2N/c1-9-6-11(17)3-2-10(9)7-15(19)13-5-4-12(18)8-14(13)16/h2-6,8,15H,7,19H2,1H3. The first-order valence-corrected chi connectivity index (χ1v) is 6.72. The van der Waals surface area contributed by atoms with E-state index < -0.39 is 0 Å². The van der Waals surface area contributed by atoms with E-state index in [1.54, 1.807) is 12.1 Å². The Kier molecular flexibility index (Phi) is 4.32. The van der Waals surface area contributed by atoms with Crippen LogP contribution < -0.4 is 5.73 Å². The van der Waals surface area contributed by atoms with Crippen molar-refractivity contribution in [2.24, 2.45) is 5.73 Å². The number of aryl methyl sites for hydroxylation is 1. The van der Waals surface area contributed by atoms with Crippen LogP contribution in [0, 0.1) is 18.6 Å². The van der Waals surface area contributed by atoms with Crippen molar-refractivity contribution in [1.82, 2.24) is 0 Å². The van der Waals surface area contributed by atoms with Crippen molar-refractivity contribution in [1.29, 1.82) is 0 Å². The fraction of sp³-hybridized carbons (Fsp3) is 0.200. The highest BCUT2D eigenvalue weighted by Gasteiger charge is 2.12. The Morgan fingerprint density at radius 1 is 1.11 bits per heavy atom. The van der Waals surface area contributed by atoms with Crippen LogP contribution >= 0.6 is 15.9 Å². The first kappa shape index (κ1) is 14.2. The smallest absolute Gasteiger partial charge is 0.124 e. The zero-order valence-electron chi connectivity index (χ0n) is 10.5. The molecule has 19 heavy (non-hydrogen) atoms. The van der Waals surface area contributed by atoms with Crippen LogP contribution in [0.4, 0.5) is 8.78 Å². The highest BCUT2D eigenvalue weighted by Crippen LogP contribution is 2.26. The largest absolute Gasteiger partial charge is 0.324 e. The molecule has 0 amide bonds. The fourth-order valence-electron chi connectivity index (χ4n) is 2.04. The van der Waals surface area contributed by atoms with Crippen LogP contribution in [0.2, 0.25) is 0 Å². The van der Waals surface area contributed by atoms with E-state index in [1.807, 2.05) is 6.92 Å².